The summed E-state index contributed by atoms with van der Waals surface area (Å²) in [5.41, 5.74) is 0.124. The van der Waals surface area contributed by atoms with Crippen molar-refractivity contribution in [3.05, 3.63) is 27.7 Å². The highest BCUT2D eigenvalue weighted by Gasteiger charge is 2.48. The van der Waals surface area contributed by atoms with Crippen LogP contribution in [-0.4, -0.2) is 29.3 Å². The van der Waals surface area contributed by atoms with Gasteiger partial charge in [-0.15, -0.1) is 0 Å². The predicted molar refractivity (Wildman–Crippen MR) is 91.0 cm³/mol. The minimum atomic E-state index is -1.38. The lowest BCUT2D eigenvalue weighted by atomic mass is 9.70. The number of aryl methyl sites for hydroxylation is 1. The Morgan fingerprint density at radius 3 is 2.29 bits per heavy atom. The molecule has 24 heavy (non-hydrogen) atoms. The molecule has 1 saturated carbocycles. The molecule has 0 amide bonds. The van der Waals surface area contributed by atoms with Gasteiger partial charge in [-0.25, -0.2) is 0 Å². The van der Waals surface area contributed by atoms with Crippen LogP contribution in [0.4, 0.5) is 0 Å². The van der Waals surface area contributed by atoms with Crippen LogP contribution < -0.4 is 4.74 Å². The standard InChI is InChI=1S/C17H20Cl2O5/c1-24-12-9-10(8-11(18)14(12)19)4-7-17(5-2-3-6-17)13(15(20)21)16(22)23/h8-9,13H,2-7H2,1H3,(H,20,21)(H,22,23). The van der Waals surface area contributed by atoms with Crippen molar-refractivity contribution in [3.63, 3.8) is 0 Å². The Bertz CT molecular complexity index is 624. The lowest BCUT2D eigenvalue weighted by Crippen LogP contribution is -2.40. The van der Waals surface area contributed by atoms with Crippen LogP contribution >= 0.6 is 23.2 Å². The summed E-state index contributed by atoms with van der Waals surface area (Å²) in [6.07, 6.45) is 3.90. The lowest BCUT2D eigenvalue weighted by molar-refractivity contribution is -0.161. The molecule has 1 aliphatic carbocycles. The van der Waals surface area contributed by atoms with Gasteiger partial charge in [-0.1, -0.05) is 36.0 Å². The highest BCUT2D eigenvalue weighted by Crippen LogP contribution is 2.48. The number of benzene rings is 1. The minimum Gasteiger partial charge on any atom is -0.495 e. The molecule has 1 fully saturated rings. The quantitative estimate of drug-likeness (QED) is 0.695. The molecular weight excluding hydrogens is 355 g/mol. The Hall–Kier alpha value is -1.46. The van der Waals surface area contributed by atoms with E-state index in [9.17, 15) is 19.8 Å². The van der Waals surface area contributed by atoms with E-state index in [-0.39, 0.29) is 0 Å². The highest BCUT2D eigenvalue weighted by molar-refractivity contribution is 6.43. The molecule has 7 heteroatoms. The summed E-state index contributed by atoms with van der Waals surface area (Å²) in [5, 5.41) is 19.5. The fourth-order valence-electron chi connectivity index (χ4n) is 3.70. The summed E-state index contributed by atoms with van der Waals surface area (Å²) in [5.74, 6) is -3.47. The van der Waals surface area contributed by atoms with E-state index < -0.39 is 23.3 Å². The zero-order valence-corrected chi connectivity index (χ0v) is 14.9. The average molecular weight is 375 g/mol. The van der Waals surface area contributed by atoms with Crippen LogP contribution in [-0.2, 0) is 16.0 Å². The number of carboxylic acid groups (broad SMARTS) is 2. The second kappa shape index (κ2) is 7.62. The Balaban J connectivity index is 2.25. The van der Waals surface area contributed by atoms with Crippen molar-refractivity contribution in [1.29, 1.82) is 0 Å². The maximum Gasteiger partial charge on any atom is 0.318 e. The number of hydrogen-bond acceptors (Lipinski definition) is 3. The summed E-state index contributed by atoms with van der Waals surface area (Å²) >= 11 is 12.1. The number of methoxy groups -OCH3 is 1. The number of carboxylic acids is 2. The van der Waals surface area contributed by atoms with Crippen LogP contribution in [0, 0.1) is 11.3 Å². The van der Waals surface area contributed by atoms with Gasteiger partial charge in [-0.2, -0.15) is 0 Å². The van der Waals surface area contributed by atoms with Gasteiger partial charge >= 0.3 is 11.9 Å². The molecule has 0 bridgehead atoms. The van der Waals surface area contributed by atoms with E-state index in [2.05, 4.69) is 0 Å². The molecule has 1 aromatic carbocycles. The first kappa shape index (κ1) is 18.9. The van der Waals surface area contributed by atoms with Crippen molar-refractivity contribution >= 4 is 35.1 Å². The third-order valence-corrected chi connectivity index (χ3v) is 5.68. The van der Waals surface area contributed by atoms with Crippen molar-refractivity contribution in [1.82, 2.24) is 0 Å². The summed E-state index contributed by atoms with van der Waals surface area (Å²) in [6.45, 7) is 0. The SMILES string of the molecule is COc1cc(CCC2(C(C(=O)O)C(=O)O)CCCC2)cc(Cl)c1Cl. The summed E-state index contributed by atoms with van der Waals surface area (Å²) in [4.78, 5) is 23.0. The van der Waals surface area contributed by atoms with Gasteiger partial charge in [0.2, 0.25) is 0 Å². The number of ether oxygens (including phenoxy) is 1. The van der Waals surface area contributed by atoms with E-state index in [1.54, 1.807) is 12.1 Å². The highest BCUT2D eigenvalue weighted by atomic mass is 35.5. The number of hydrogen-bond donors (Lipinski definition) is 2. The molecule has 1 aromatic rings. The molecule has 0 atom stereocenters. The van der Waals surface area contributed by atoms with E-state index in [0.29, 0.717) is 41.5 Å². The third kappa shape index (κ3) is 3.78. The molecule has 0 aromatic heterocycles. The van der Waals surface area contributed by atoms with Crippen LogP contribution in [0.2, 0.25) is 10.0 Å². The van der Waals surface area contributed by atoms with Gasteiger partial charge in [0, 0.05) is 0 Å². The lowest BCUT2D eigenvalue weighted by Gasteiger charge is -2.32. The van der Waals surface area contributed by atoms with Gasteiger partial charge in [-0.3, -0.25) is 9.59 Å². The zero-order valence-electron chi connectivity index (χ0n) is 13.3. The molecule has 0 heterocycles. The first-order valence-electron chi connectivity index (χ1n) is 7.78. The van der Waals surface area contributed by atoms with Crippen molar-refractivity contribution < 1.29 is 24.5 Å². The van der Waals surface area contributed by atoms with E-state index in [1.807, 2.05) is 0 Å². The normalized spacial score (nSPS) is 16.3. The van der Waals surface area contributed by atoms with Crippen LogP contribution in [0.1, 0.15) is 37.7 Å². The summed E-state index contributed by atoms with van der Waals surface area (Å²) < 4.78 is 5.18. The molecule has 5 nitrogen and oxygen atoms in total. The molecule has 0 unspecified atom stereocenters. The van der Waals surface area contributed by atoms with E-state index in [1.165, 1.54) is 7.11 Å². The molecule has 0 radical (unpaired) electrons. The minimum absolute atomic E-state index is 0.326. The molecule has 0 saturated heterocycles. The third-order valence-electron chi connectivity index (χ3n) is 4.89. The van der Waals surface area contributed by atoms with E-state index in [0.717, 1.165) is 18.4 Å². The largest absolute Gasteiger partial charge is 0.495 e. The Kier molecular flexibility index (Phi) is 5.99. The summed E-state index contributed by atoms with van der Waals surface area (Å²) in [7, 11) is 1.49. The van der Waals surface area contributed by atoms with Crippen molar-refractivity contribution in [2.75, 3.05) is 7.11 Å². The average Bonchev–Trinajstić information content (AvgIpc) is 2.97. The Morgan fingerprint density at radius 2 is 1.79 bits per heavy atom. The Labute approximate surface area is 150 Å². The maximum atomic E-state index is 11.5. The molecule has 0 spiro atoms. The number of halogens is 2. The number of rotatable bonds is 7. The van der Waals surface area contributed by atoms with Gasteiger partial charge in [0.15, 0.2) is 5.92 Å². The maximum absolute atomic E-state index is 11.5. The van der Waals surface area contributed by atoms with Crippen molar-refractivity contribution in [2.24, 2.45) is 11.3 Å². The van der Waals surface area contributed by atoms with E-state index in [4.69, 9.17) is 27.9 Å². The van der Waals surface area contributed by atoms with Gasteiger partial charge in [0.1, 0.15) is 10.8 Å². The van der Waals surface area contributed by atoms with Gasteiger partial charge < -0.3 is 14.9 Å². The Morgan fingerprint density at radius 1 is 1.21 bits per heavy atom. The van der Waals surface area contributed by atoms with Crippen LogP contribution in [0.5, 0.6) is 5.75 Å². The van der Waals surface area contributed by atoms with Gasteiger partial charge in [0.25, 0.3) is 0 Å². The first-order chi connectivity index (χ1) is 11.3. The molecule has 0 aliphatic heterocycles. The fraction of sp³-hybridized carbons (Fsp3) is 0.529. The van der Waals surface area contributed by atoms with Crippen LogP contribution in [0.3, 0.4) is 0 Å². The smallest absolute Gasteiger partial charge is 0.318 e. The second-order valence-corrected chi connectivity index (χ2v) is 7.06. The first-order valence-corrected chi connectivity index (χ1v) is 8.54. The van der Waals surface area contributed by atoms with E-state index >= 15 is 0 Å². The second-order valence-electron chi connectivity index (χ2n) is 6.27. The van der Waals surface area contributed by atoms with Crippen molar-refractivity contribution in [3.8, 4) is 5.75 Å². The zero-order chi connectivity index (χ0) is 17.9. The molecule has 1 aliphatic rings. The molecular formula is C17H20Cl2O5. The van der Waals surface area contributed by atoms with Gasteiger partial charge in [-0.05, 0) is 48.8 Å². The fourth-order valence-corrected chi connectivity index (χ4v) is 4.11. The molecule has 2 rings (SSSR count). The number of carbonyl (C=O) groups is 2. The monoisotopic (exact) mass is 374 g/mol. The topological polar surface area (TPSA) is 83.8 Å². The predicted octanol–water partition coefficient (Wildman–Crippen LogP) is 4.28. The van der Waals surface area contributed by atoms with Crippen molar-refractivity contribution in [2.45, 2.75) is 38.5 Å². The van der Waals surface area contributed by atoms with Crippen LogP contribution in [0.15, 0.2) is 12.1 Å². The summed E-state index contributed by atoms with van der Waals surface area (Å²) in [6, 6.07) is 3.47. The molecule has 132 valence electrons. The van der Waals surface area contributed by atoms with Crippen LogP contribution in [0.25, 0.3) is 0 Å². The van der Waals surface area contributed by atoms with Gasteiger partial charge in [0.05, 0.1) is 12.1 Å². The molecule has 2 N–H and O–H groups in total. The number of aliphatic carboxylic acids is 2.